The lowest BCUT2D eigenvalue weighted by Crippen LogP contribution is -2.20. The molecule has 1 aromatic carbocycles. The van der Waals surface area contributed by atoms with Gasteiger partial charge in [-0.3, -0.25) is 4.99 Å². The van der Waals surface area contributed by atoms with E-state index in [4.69, 9.17) is 0 Å². The molecule has 0 aliphatic carbocycles. The second-order valence-corrected chi connectivity index (χ2v) is 7.41. The lowest BCUT2D eigenvalue weighted by molar-refractivity contribution is 0.240. The topological polar surface area (TPSA) is 35.8 Å². The monoisotopic (exact) mass is 316 g/mol. The van der Waals surface area contributed by atoms with Gasteiger partial charge >= 0.3 is 0 Å². The standard InChI is InChI=1S/C16H16N2OS2/c1-9-7-12(11-3-6-20-13(11)8-9)14-15(10(2)19)21-16-17-4-5-18(14)16/h3,6-8,10,19H,4-5H2,1-2H3. The van der Waals surface area contributed by atoms with Crippen LogP contribution in [0.1, 0.15) is 18.1 Å². The Morgan fingerprint density at radius 1 is 1.38 bits per heavy atom. The molecule has 0 bridgehead atoms. The van der Waals surface area contributed by atoms with Gasteiger partial charge in [-0.15, -0.1) is 11.3 Å². The molecule has 1 atom stereocenters. The Hall–Kier alpha value is -1.30. The SMILES string of the molecule is Cc1cc(C2=C(C(C)O)SC3=NCCN32)c2ccsc2c1. The van der Waals surface area contributed by atoms with E-state index in [1.54, 1.807) is 23.1 Å². The van der Waals surface area contributed by atoms with Crippen LogP contribution in [0.3, 0.4) is 0 Å². The van der Waals surface area contributed by atoms with Crippen LogP contribution in [-0.2, 0) is 0 Å². The highest BCUT2D eigenvalue weighted by Gasteiger charge is 2.35. The summed E-state index contributed by atoms with van der Waals surface area (Å²) in [5.41, 5.74) is 3.63. The van der Waals surface area contributed by atoms with Crippen molar-refractivity contribution >= 4 is 44.0 Å². The van der Waals surface area contributed by atoms with Crippen LogP contribution in [0.5, 0.6) is 0 Å². The van der Waals surface area contributed by atoms with Crippen molar-refractivity contribution in [3.63, 3.8) is 0 Å². The number of amidine groups is 1. The summed E-state index contributed by atoms with van der Waals surface area (Å²) in [6, 6.07) is 6.64. The zero-order valence-electron chi connectivity index (χ0n) is 12.0. The third-order valence-corrected chi connectivity index (χ3v) is 6.01. The van der Waals surface area contributed by atoms with Gasteiger partial charge in [0.05, 0.1) is 18.3 Å². The molecule has 1 N–H and O–H groups in total. The predicted octanol–water partition coefficient (Wildman–Crippen LogP) is 3.68. The predicted molar refractivity (Wildman–Crippen MR) is 91.8 cm³/mol. The molecule has 1 aromatic heterocycles. The lowest BCUT2D eigenvalue weighted by atomic mass is 10.0. The molecule has 21 heavy (non-hydrogen) atoms. The fourth-order valence-corrected chi connectivity index (χ4v) is 5.01. The molecule has 2 aliphatic heterocycles. The van der Waals surface area contributed by atoms with Crippen LogP contribution >= 0.6 is 23.1 Å². The molecule has 5 heteroatoms. The maximum Gasteiger partial charge on any atom is 0.168 e. The third-order valence-electron chi connectivity index (χ3n) is 3.86. The highest BCUT2D eigenvalue weighted by atomic mass is 32.2. The van der Waals surface area contributed by atoms with E-state index in [0.717, 1.165) is 28.9 Å². The number of aliphatic hydroxyl groups excluding tert-OH is 1. The summed E-state index contributed by atoms with van der Waals surface area (Å²) >= 11 is 3.39. The van der Waals surface area contributed by atoms with Gasteiger partial charge in [0.1, 0.15) is 0 Å². The van der Waals surface area contributed by atoms with E-state index in [1.807, 2.05) is 6.92 Å². The van der Waals surface area contributed by atoms with Crippen molar-refractivity contribution in [2.24, 2.45) is 4.99 Å². The highest BCUT2D eigenvalue weighted by Crippen LogP contribution is 2.45. The minimum absolute atomic E-state index is 0.465. The zero-order chi connectivity index (χ0) is 14.6. The van der Waals surface area contributed by atoms with E-state index in [0.29, 0.717) is 0 Å². The molecule has 1 unspecified atom stereocenters. The van der Waals surface area contributed by atoms with Crippen molar-refractivity contribution < 1.29 is 5.11 Å². The number of aliphatic imine (C=N–C) groups is 1. The maximum atomic E-state index is 10.2. The Morgan fingerprint density at radius 3 is 3.05 bits per heavy atom. The first-order valence-electron chi connectivity index (χ1n) is 7.05. The number of hydrogen-bond donors (Lipinski definition) is 1. The molecule has 0 saturated heterocycles. The molecular weight excluding hydrogens is 300 g/mol. The molecule has 0 spiro atoms. The van der Waals surface area contributed by atoms with Gasteiger partial charge in [0.15, 0.2) is 5.17 Å². The molecule has 0 fully saturated rings. The molecule has 2 aliphatic rings. The number of aryl methyl sites for hydroxylation is 1. The van der Waals surface area contributed by atoms with Gasteiger partial charge in [-0.25, -0.2) is 0 Å². The number of rotatable bonds is 2. The van der Waals surface area contributed by atoms with Crippen LogP contribution in [-0.4, -0.2) is 34.4 Å². The van der Waals surface area contributed by atoms with E-state index < -0.39 is 6.10 Å². The van der Waals surface area contributed by atoms with Crippen LogP contribution in [0.15, 0.2) is 33.5 Å². The summed E-state index contributed by atoms with van der Waals surface area (Å²) in [5.74, 6) is 0. The minimum atomic E-state index is -0.465. The summed E-state index contributed by atoms with van der Waals surface area (Å²) in [7, 11) is 0. The quantitative estimate of drug-likeness (QED) is 0.918. The Balaban J connectivity index is 1.99. The van der Waals surface area contributed by atoms with E-state index in [9.17, 15) is 5.11 Å². The van der Waals surface area contributed by atoms with Crippen LogP contribution in [0.4, 0.5) is 0 Å². The molecule has 3 heterocycles. The Bertz CT molecular complexity index is 789. The first-order chi connectivity index (χ1) is 10.1. The number of thiophene rings is 1. The second kappa shape index (κ2) is 4.87. The van der Waals surface area contributed by atoms with Crippen LogP contribution in [0.2, 0.25) is 0 Å². The van der Waals surface area contributed by atoms with E-state index in [-0.39, 0.29) is 0 Å². The van der Waals surface area contributed by atoms with Crippen molar-refractivity contribution in [3.05, 3.63) is 39.6 Å². The van der Waals surface area contributed by atoms with Gasteiger partial charge in [-0.2, -0.15) is 0 Å². The van der Waals surface area contributed by atoms with Gasteiger partial charge in [0, 0.05) is 27.1 Å². The Kier molecular flexibility index (Phi) is 3.10. The number of nitrogens with zero attached hydrogens (tertiary/aromatic N) is 2. The zero-order valence-corrected chi connectivity index (χ0v) is 13.6. The van der Waals surface area contributed by atoms with Crippen LogP contribution in [0, 0.1) is 6.92 Å². The molecule has 2 aromatic rings. The average molecular weight is 316 g/mol. The first-order valence-corrected chi connectivity index (χ1v) is 8.75. The van der Waals surface area contributed by atoms with Crippen molar-refractivity contribution in [1.29, 1.82) is 0 Å². The number of fused-ring (bicyclic) bond motifs is 2. The number of thioether (sulfide) groups is 1. The van der Waals surface area contributed by atoms with Gasteiger partial charge in [-0.1, -0.05) is 11.8 Å². The van der Waals surface area contributed by atoms with Gasteiger partial charge < -0.3 is 10.0 Å². The average Bonchev–Trinajstić information content (AvgIpc) is 3.11. The third kappa shape index (κ3) is 2.03. The molecule has 3 nitrogen and oxygen atoms in total. The summed E-state index contributed by atoms with van der Waals surface area (Å²) in [6.07, 6.45) is -0.465. The molecule has 108 valence electrons. The molecular formula is C16H16N2OS2. The molecule has 0 radical (unpaired) electrons. The van der Waals surface area contributed by atoms with Crippen molar-refractivity contribution in [2.45, 2.75) is 20.0 Å². The van der Waals surface area contributed by atoms with Gasteiger partial charge in [-0.05, 0) is 43.0 Å². The second-order valence-electron chi connectivity index (χ2n) is 5.45. The maximum absolute atomic E-state index is 10.2. The minimum Gasteiger partial charge on any atom is -0.388 e. The van der Waals surface area contributed by atoms with E-state index in [2.05, 4.69) is 40.4 Å². The van der Waals surface area contributed by atoms with Crippen LogP contribution < -0.4 is 0 Å². The van der Waals surface area contributed by atoms with Crippen molar-refractivity contribution in [1.82, 2.24) is 4.90 Å². The van der Waals surface area contributed by atoms with Gasteiger partial charge in [0.2, 0.25) is 0 Å². The summed E-state index contributed by atoms with van der Waals surface area (Å²) in [6.45, 7) is 5.73. The summed E-state index contributed by atoms with van der Waals surface area (Å²) in [4.78, 5) is 7.83. The largest absolute Gasteiger partial charge is 0.388 e. The smallest absolute Gasteiger partial charge is 0.168 e. The number of benzene rings is 1. The van der Waals surface area contributed by atoms with E-state index in [1.165, 1.54) is 21.2 Å². The van der Waals surface area contributed by atoms with E-state index >= 15 is 0 Å². The van der Waals surface area contributed by atoms with Gasteiger partial charge in [0.25, 0.3) is 0 Å². The Labute approximate surface area is 132 Å². The van der Waals surface area contributed by atoms with Crippen LogP contribution in [0.25, 0.3) is 15.8 Å². The lowest BCUT2D eigenvalue weighted by Gasteiger charge is -2.19. The summed E-state index contributed by atoms with van der Waals surface area (Å²) in [5, 5.41) is 14.6. The molecule has 0 amide bonds. The number of hydrogen-bond acceptors (Lipinski definition) is 5. The first kappa shape index (κ1) is 13.4. The van der Waals surface area contributed by atoms with Crippen molar-refractivity contribution in [3.8, 4) is 0 Å². The fourth-order valence-electron chi connectivity index (χ4n) is 2.97. The Morgan fingerprint density at radius 2 is 2.24 bits per heavy atom. The molecule has 4 rings (SSSR count). The fraction of sp³-hybridized carbons (Fsp3) is 0.312. The summed E-state index contributed by atoms with van der Waals surface area (Å²) < 4.78 is 1.30. The highest BCUT2D eigenvalue weighted by molar-refractivity contribution is 8.17. The normalized spacial score (nSPS) is 19.4. The number of aliphatic hydroxyl groups is 1. The molecule has 0 saturated carbocycles. The van der Waals surface area contributed by atoms with Crippen molar-refractivity contribution in [2.75, 3.05) is 13.1 Å².